The van der Waals surface area contributed by atoms with Crippen LogP contribution in [0.15, 0.2) is 42.0 Å². The fraction of sp³-hybridized carbons (Fsp3) is 0.625. The zero-order valence-corrected chi connectivity index (χ0v) is 18.1. The van der Waals surface area contributed by atoms with Crippen molar-refractivity contribution in [2.45, 2.75) is 89.6 Å². The minimum Gasteiger partial charge on any atom is -0.453 e. The van der Waals surface area contributed by atoms with Crippen LogP contribution in [-0.2, 0) is 25.7 Å². The lowest BCUT2D eigenvalue weighted by molar-refractivity contribution is -0.509. The predicted octanol–water partition coefficient (Wildman–Crippen LogP) is 4.88. The second kappa shape index (κ2) is 8.58. The number of hydrogen-bond donors (Lipinski definition) is 1. The lowest BCUT2D eigenvalue weighted by Crippen LogP contribution is -2.60. The van der Waals surface area contributed by atoms with E-state index in [0.717, 1.165) is 32.1 Å². The van der Waals surface area contributed by atoms with Crippen molar-refractivity contribution in [3.05, 3.63) is 47.5 Å². The molecule has 2 aliphatic heterocycles. The molecule has 0 saturated carbocycles. The zero-order chi connectivity index (χ0) is 21.1. The number of hydrogen-bond acceptors (Lipinski definition) is 5. The highest BCUT2D eigenvalue weighted by Gasteiger charge is 2.65. The second-order valence-corrected chi connectivity index (χ2v) is 9.40. The number of benzene rings is 1. The Labute approximate surface area is 174 Å². The molecule has 0 spiro atoms. The number of ether oxygens (including phenoxy) is 1. The van der Waals surface area contributed by atoms with Gasteiger partial charge in [0.15, 0.2) is 5.60 Å². The maximum Gasteiger partial charge on any atom is 0.312 e. The maximum atomic E-state index is 11.7. The molecule has 0 unspecified atom stereocenters. The van der Waals surface area contributed by atoms with Gasteiger partial charge in [-0.25, -0.2) is 4.89 Å². The van der Waals surface area contributed by atoms with E-state index in [0.29, 0.717) is 12.3 Å². The molecule has 0 bridgehead atoms. The Morgan fingerprint density at radius 2 is 1.97 bits per heavy atom. The van der Waals surface area contributed by atoms with E-state index in [1.165, 1.54) is 11.1 Å². The standard InChI is InChI=1S/C24H34O5/c1-18(13-14-20-11-6-5-7-12-20)9-8-10-19(2)15-22(3)17-23(4)24(26,29-28-22)16-21(25)27-23/h5-7,11-13,19,26H,8-10,14-17H2,1-4H3/b18-13+/t19-,22-,23-,24-/m1/s1. The predicted molar refractivity (Wildman–Crippen MR) is 111 cm³/mol. The number of esters is 1. The number of carbonyl (C=O) groups is 1. The second-order valence-electron chi connectivity index (χ2n) is 9.40. The molecule has 160 valence electrons. The van der Waals surface area contributed by atoms with Crippen molar-refractivity contribution in [3.63, 3.8) is 0 Å². The Kier molecular flexibility index (Phi) is 6.51. The Morgan fingerprint density at radius 3 is 2.69 bits per heavy atom. The van der Waals surface area contributed by atoms with Gasteiger partial charge in [0.05, 0.1) is 0 Å². The number of fused-ring (bicyclic) bond motifs is 1. The molecule has 1 N–H and O–H groups in total. The summed E-state index contributed by atoms with van der Waals surface area (Å²) in [7, 11) is 0. The molecule has 1 aromatic rings. The van der Waals surface area contributed by atoms with Crippen LogP contribution in [0.4, 0.5) is 0 Å². The molecule has 2 fully saturated rings. The first-order chi connectivity index (χ1) is 13.6. The quantitative estimate of drug-likeness (QED) is 0.381. The minimum absolute atomic E-state index is 0.191. The van der Waals surface area contributed by atoms with Crippen molar-refractivity contribution in [2.24, 2.45) is 5.92 Å². The Bertz CT molecular complexity index is 745. The fourth-order valence-corrected chi connectivity index (χ4v) is 4.64. The average molecular weight is 403 g/mol. The molecule has 0 aliphatic carbocycles. The van der Waals surface area contributed by atoms with Crippen molar-refractivity contribution in [2.75, 3.05) is 0 Å². The van der Waals surface area contributed by atoms with Crippen LogP contribution in [0.1, 0.15) is 71.8 Å². The van der Waals surface area contributed by atoms with E-state index in [4.69, 9.17) is 14.5 Å². The highest BCUT2D eigenvalue weighted by Crippen LogP contribution is 2.49. The van der Waals surface area contributed by atoms with Crippen LogP contribution in [0, 0.1) is 5.92 Å². The van der Waals surface area contributed by atoms with Crippen LogP contribution >= 0.6 is 0 Å². The summed E-state index contributed by atoms with van der Waals surface area (Å²) >= 11 is 0. The largest absolute Gasteiger partial charge is 0.453 e. The smallest absolute Gasteiger partial charge is 0.312 e. The van der Waals surface area contributed by atoms with Crippen LogP contribution in [0.3, 0.4) is 0 Å². The molecule has 5 heteroatoms. The number of aliphatic hydroxyl groups is 1. The summed E-state index contributed by atoms with van der Waals surface area (Å²) in [6.45, 7) is 8.10. The fourth-order valence-electron chi connectivity index (χ4n) is 4.64. The minimum atomic E-state index is -1.69. The van der Waals surface area contributed by atoms with Crippen molar-refractivity contribution < 1.29 is 24.4 Å². The van der Waals surface area contributed by atoms with Gasteiger partial charge in [0.25, 0.3) is 0 Å². The summed E-state index contributed by atoms with van der Waals surface area (Å²) < 4.78 is 5.41. The summed E-state index contributed by atoms with van der Waals surface area (Å²) in [6.07, 6.45) is 7.58. The Balaban J connectivity index is 1.44. The topological polar surface area (TPSA) is 65.0 Å². The molecule has 0 aromatic heterocycles. The van der Waals surface area contributed by atoms with Gasteiger partial charge in [-0.15, -0.1) is 0 Å². The third kappa shape index (κ3) is 5.27. The van der Waals surface area contributed by atoms with Gasteiger partial charge in [-0.2, -0.15) is 4.89 Å². The van der Waals surface area contributed by atoms with Crippen LogP contribution in [-0.4, -0.2) is 28.1 Å². The molecule has 4 atom stereocenters. The number of rotatable bonds is 8. The molecule has 2 aliphatic rings. The molecule has 2 heterocycles. The van der Waals surface area contributed by atoms with E-state index in [-0.39, 0.29) is 6.42 Å². The first-order valence-corrected chi connectivity index (χ1v) is 10.6. The van der Waals surface area contributed by atoms with Gasteiger partial charge in [-0.05, 0) is 57.9 Å². The van der Waals surface area contributed by atoms with Gasteiger partial charge in [0.2, 0.25) is 5.79 Å². The van der Waals surface area contributed by atoms with Crippen molar-refractivity contribution in [3.8, 4) is 0 Å². The van der Waals surface area contributed by atoms with Crippen molar-refractivity contribution >= 4 is 5.97 Å². The maximum absolute atomic E-state index is 11.7. The third-order valence-corrected chi connectivity index (χ3v) is 6.22. The SMILES string of the molecule is C/C(=C\Cc1ccccc1)CCC[C@@H](C)C[C@]1(C)C[C@@]2(C)OC(=O)C[C@@]2(O)OO1. The molecule has 2 saturated heterocycles. The third-order valence-electron chi connectivity index (χ3n) is 6.22. The molecule has 5 nitrogen and oxygen atoms in total. The molecule has 0 radical (unpaired) electrons. The molecule has 0 amide bonds. The first kappa shape index (κ1) is 22.0. The van der Waals surface area contributed by atoms with E-state index in [1.807, 2.05) is 13.0 Å². The summed E-state index contributed by atoms with van der Waals surface area (Å²) in [5.74, 6) is -1.71. The highest BCUT2D eigenvalue weighted by atomic mass is 17.2. The normalized spacial score (nSPS) is 33.3. The number of allylic oxidation sites excluding steroid dienone is 2. The summed E-state index contributed by atoms with van der Waals surface area (Å²) in [5, 5.41) is 10.5. The van der Waals surface area contributed by atoms with Gasteiger partial charge in [-0.3, -0.25) is 4.79 Å². The average Bonchev–Trinajstić information content (AvgIpc) is 2.88. The van der Waals surface area contributed by atoms with Crippen LogP contribution < -0.4 is 0 Å². The van der Waals surface area contributed by atoms with Gasteiger partial charge in [-0.1, -0.05) is 55.3 Å². The molecular weight excluding hydrogens is 368 g/mol. The summed E-state index contributed by atoms with van der Waals surface area (Å²) in [4.78, 5) is 22.6. The first-order valence-electron chi connectivity index (χ1n) is 10.6. The molecule has 1 aromatic carbocycles. The van der Waals surface area contributed by atoms with Crippen LogP contribution in [0.2, 0.25) is 0 Å². The molecule has 29 heavy (non-hydrogen) atoms. The highest BCUT2D eigenvalue weighted by molar-refractivity contribution is 5.74. The zero-order valence-electron chi connectivity index (χ0n) is 18.1. The van der Waals surface area contributed by atoms with Crippen molar-refractivity contribution in [1.29, 1.82) is 0 Å². The van der Waals surface area contributed by atoms with Gasteiger partial charge in [0.1, 0.15) is 12.0 Å². The lowest BCUT2D eigenvalue weighted by Gasteiger charge is -2.47. The summed E-state index contributed by atoms with van der Waals surface area (Å²) in [5.41, 5.74) is 1.10. The van der Waals surface area contributed by atoms with Crippen LogP contribution in [0.5, 0.6) is 0 Å². The number of carbonyl (C=O) groups excluding carboxylic acids is 1. The van der Waals surface area contributed by atoms with Crippen LogP contribution in [0.25, 0.3) is 0 Å². The van der Waals surface area contributed by atoms with Crippen molar-refractivity contribution in [1.82, 2.24) is 0 Å². The van der Waals surface area contributed by atoms with E-state index in [2.05, 4.69) is 44.2 Å². The monoisotopic (exact) mass is 402 g/mol. The van der Waals surface area contributed by atoms with E-state index < -0.39 is 23.0 Å². The van der Waals surface area contributed by atoms with E-state index >= 15 is 0 Å². The Hall–Kier alpha value is -1.69. The van der Waals surface area contributed by atoms with E-state index in [1.54, 1.807) is 6.92 Å². The summed E-state index contributed by atoms with van der Waals surface area (Å²) in [6, 6.07) is 10.5. The van der Waals surface area contributed by atoms with Gasteiger partial charge < -0.3 is 9.84 Å². The van der Waals surface area contributed by atoms with E-state index in [9.17, 15) is 9.90 Å². The van der Waals surface area contributed by atoms with Gasteiger partial charge in [0, 0.05) is 6.42 Å². The lowest BCUT2D eigenvalue weighted by atomic mass is 9.78. The van der Waals surface area contributed by atoms with Gasteiger partial charge >= 0.3 is 5.97 Å². The Morgan fingerprint density at radius 1 is 1.24 bits per heavy atom. The molecule has 3 rings (SSSR count). The molecular formula is C24H34O5.